The first kappa shape index (κ1) is 20.8. The van der Waals surface area contributed by atoms with Gasteiger partial charge in [0.15, 0.2) is 0 Å². The van der Waals surface area contributed by atoms with Crippen molar-refractivity contribution in [1.82, 2.24) is 15.5 Å². The zero-order chi connectivity index (χ0) is 22.4. The largest absolute Gasteiger partial charge is 0.496 e. The molecule has 0 bridgehead atoms. The monoisotopic (exact) mass is 425 g/mol. The number of amidine groups is 1. The SMILES string of the molecule is COc1cc2c3c([nH]c2cc1-c1c(C)noc1C)NC(C)N=C3N[C@H](C(=O)O)C(C)C. The Morgan fingerprint density at radius 3 is 2.61 bits per heavy atom. The predicted octanol–water partition coefficient (Wildman–Crippen LogP) is 3.67. The van der Waals surface area contributed by atoms with Gasteiger partial charge in [0.25, 0.3) is 0 Å². The number of H-pyrrole nitrogens is 1. The predicted molar refractivity (Wildman–Crippen MR) is 119 cm³/mol. The Bertz CT molecular complexity index is 1170. The fraction of sp³-hybridized carbons (Fsp3) is 0.409. The molecule has 3 aromatic rings. The molecule has 9 heteroatoms. The number of aliphatic carboxylic acids is 1. The Morgan fingerprint density at radius 1 is 1.29 bits per heavy atom. The van der Waals surface area contributed by atoms with E-state index in [1.165, 1.54) is 0 Å². The van der Waals surface area contributed by atoms with Gasteiger partial charge in [-0.25, -0.2) is 9.79 Å². The highest BCUT2D eigenvalue weighted by molar-refractivity contribution is 6.16. The molecule has 2 aromatic heterocycles. The van der Waals surface area contributed by atoms with E-state index in [4.69, 9.17) is 9.26 Å². The highest BCUT2D eigenvalue weighted by Gasteiger charge is 2.29. The van der Waals surface area contributed by atoms with E-state index in [9.17, 15) is 9.90 Å². The molecule has 0 fully saturated rings. The average molecular weight is 425 g/mol. The normalized spacial score (nSPS) is 16.6. The Labute approximate surface area is 179 Å². The van der Waals surface area contributed by atoms with Gasteiger partial charge in [0, 0.05) is 16.5 Å². The lowest BCUT2D eigenvalue weighted by Gasteiger charge is -2.25. The van der Waals surface area contributed by atoms with E-state index in [0.29, 0.717) is 17.3 Å². The fourth-order valence-corrected chi connectivity index (χ4v) is 4.08. The number of nitrogens with zero attached hydrogens (tertiary/aromatic N) is 2. The van der Waals surface area contributed by atoms with Crippen molar-refractivity contribution in [2.75, 3.05) is 12.4 Å². The minimum Gasteiger partial charge on any atom is -0.496 e. The number of anilines is 1. The van der Waals surface area contributed by atoms with Gasteiger partial charge in [-0.2, -0.15) is 0 Å². The van der Waals surface area contributed by atoms with E-state index in [-0.39, 0.29) is 12.1 Å². The van der Waals surface area contributed by atoms with Crippen LogP contribution in [0.1, 0.15) is 37.8 Å². The van der Waals surface area contributed by atoms with Crippen LogP contribution in [0.15, 0.2) is 21.6 Å². The lowest BCUT2D eigenvalue weighted by molar-refractivity contribution is -0.140. The minimum absolute atomic E-state index is 0.111. The topological polar surface area (TPSA) is 125 Å². The van der Waals surface area contributed by atoms with Gasteiger partial charge in [0.1, 0.15) is 35.4 Å². The van der Waals surface area contributed by atoms with Crippen LogP contribution in [0.2, 0.25) is 0 Å². The quantitative estimate of drug-likeness (QED) is 0.491. The van der Waals surface area contributed by atoms with Gasteiger partial charge >= 0.3 is 5.97 Å². The molecule has 0 saturated carbocycles. The number of nitrogens with one attached hydrogen (secondary N) is 3. The number of carboxylic acids is 1. The van der Waals surface area contributed by atoms with Gasteiger partial charge in [0.2, 0.25) is 0 Å². The van der Waals surface area contributed by atoms with Crippen LogP contribution in [0.4, 0.5) is 5.82 Å². The summed E-state index contributed by atoms with van der Waals surface area (Å²) in [6, 6.07) is 3.18. The summed E-state index contributed by atoms with van der Waals surface area (Å²) >= 11 is 0. The number of rotatable bonds is 5. The molecule has 1 aliphatic heterocycles. The maximum atomic E-state index is 11.8. The second-order valence-electron chi connectivity index (χ2n) is 8.17. The average Bonchev–Trinajstić information content (AvgIpc) is 3.22. The fourth-order valence-electron chi connectivity index (χ4n) is 4.08. The van der Waals surface area contributed by atoms with Gasteiger partial charge < -0.3 is 30.0 Å². The Hall–Kier alpha value is -3.49. The van der Waals surface area contributed by atoms with Crippen LogP contribution in [0.3, 0.4) is 0 Å². The van der Waals surface area contributed by atoms with Crippen LogP contribution in [0, 0.1) is 19.8 Å². The van der Waals surface area contributed by atoms with Gasteiger partial charge in [-0.15, -0.1) is 0 Å². The number of aryl methyl sites for hydroxylation is 2. The third-order valence-electron chi connectivity index (χ3n) is 5.56. The molecule has 0 aliphatic carbocycles. The summed E-state index contributed by atoms with van der Waals surface area (Å²) in [6.45, 7) is 9.41. The summed E-state index contributed by atoms with van der Waals surface area (Å²) in [4.78, 5) is 19.8. The molecule has 9 nitrogen and oxygen atoms in total. The molecule has 0 amide bonds. The maximum Gasteiger partial charge on any atom is 0.326 e. The molecule has 1 aromatic carbocycles. The van der Waals surface area contributed by atoms with Gasteiger partial charge in [0.05, 0.1) is 23.9 Å². The highest BCUT2D eigenvalue weighted by atomic mass is 16.5. The lowest BCUT2D eigenvalue weighted by Crippen LogP contribution is -2.46. The van der Waals surface area contributed by atoms with Crippen molar-refractivity contribution in [3.63, 3.8) is 0 Å². The number of carboxylic acid groups (broad SMARTS) is 1. The second-order valence-corrected chi connectivity index (χ2v) is 8.17. The van der Waals surface area contributed by atoms with E-state index >= 15 is 0 Å². The number of benzene rings is 1. The van der Waals surface area contributed by atoms with Crippen molar-refractivity contribution in [2.24, 2.45) is 10.9 Å². The molecule has 1 unspecified atom stereocenters. The van der Waals surface area contributed by atoms with Crippen LogP contribution in [-0.2, 0) is 4.79 Å². The molecule has 4 rings (SSSR count). The molecule has 0 spiro atoms. The first-order chi connectivity index (χ1) is 14.7. The Balaban J connectivity index is 1.89. The van der Waals surface area contributed by atoms with E-state index in [0.717, 1.165) is 39.1 Å². The second kappa shape index (κ2) is 7.64. The third-order valence-corrected chi connectivity index (χ3v) is 5.56. The summed E-state index contributed by atoms with van der Waals surface area (Å²) in [5, 5.41) is 21.1. The third kappa shape index (κ3) is 3.49. The van der Waals surface area contributed by atoms with Crippen molar-refractivity contribution >= 4 is 28.5 Å². The molecule has 164 valence electrons. The number of aromatic amines is 1. The number of aromatic nitrogens is 2. The van der Waals surface area contributed by atoms with Crippen LogP contribution in [-0.4, -0.2) is 46.4 Å². The van der Waals surface area contributed by atoms with Crippen molar-refractivity contribution < 1.29 is 19.2 Å². The van der Waals surface area contributed by atoms with E-state index in [1.807, 2.05) is 46.8 Å². The number of methoxy groups -OCH3 is 1. The number of ether oxygens (including phenoxy) is 1. The van der Waals surface area contributed by atoms with Crippen LogP contribution < -0.4 is 15.4 Å². The van der Waals surface area contributed by atoms with Crippen molar-refractivity contribution in [3.8, 4) is 16.9 Å². The summed E-state index contributed by atoms with van der Waals surface area (Å²) in [7, 11) is 1.62. The molecule has 0 saturated heterocycles. The standard InChI is InChI=1S/C22H27N5O4/c1-9(2)19(22(28)29)26-21-18-13-8-16(30-6)14(17-10(3)27-31-11(17)4)7-15(13)25-20(18)23-12(5)24-21/h7-9,12,19,23,25H,1-6H3,(H,24,26)(H,28,29)/t12?,19-/m0/s1. The lowest BCUT2D eigenvalue weighted by atomic mass is 9.99. The van der Waals surface area contributed by atoms with E-state index in [2.05, 4.69) is 25.8 Å². The van der Waals surface area contributed by atoms with Crippen molar-refractivity contribution in [3.05, 3.63) is 29.2 Å². The molecule has 0 radical (unpaired) electrons. The van der Waals surface area contributed by atoms with Crippen LogP contribution in [0.25, 0.3) is 22.0 Å². The first-order valence-electron chi connectivity index (χ1n) is 10.2. The molecule has 2 atom stereocenters. The summed E-state index contributed by atoms with van der Waals surface area (Å²) in [5.74, 6) is 1.68. The molecule has 4 N–H and O–H groups in total. The maximum absolute atomic E-state index is 11.8. The zero-order valence-electron chi connectivity index (χ0n) is 18.5. The highest BCUT2D eigenvalue weighted by Crippen LogP contribution is 2.40. The molecule has 3 heterocycles. The number of hydrogen-bond donors (Lipinski definition) is 4. The van der Waals surface area contributed by atoms with E-state index in [1.54, 1.807) is 7.11 Å². The first-order valence-corrected chi connectivity index (χ1v) is 10.2. The number of aliphatic imine (C=N–C) groups is 1. The molecule has 31 heavy (non-hydrogen) atoms. The van der Waals surface area contributed by atoms with E-state index < -0.39 is 12.0 Å². The Morgan fingerprint density at radius 2 is 2.03 bits per heavy atom. The van der Waals surface area contributed by atoms with Crippen molar-refractivity contribution in [2.45, 2.75) is 46.8 Å². The van der Waals surface area contributed by atoms with Crippen molar-refractivity contribution in [1.29, 1.82) is 0 Å². The minimum atomic E-state index is -0.913. The van der Waals surface area contributed by atoms with Gasteiger partial charge in [-0.1, -0.05) is 19.0 Å². The summed E-state index contributed by atoms with van der Waals surface area (Å²) in [5.41, 5.74) is 4.21. The summed E-state index contributed by atoms with van der Waals surface area (Å²) in [6.07, 6.45) is -0.214. The number of hydrogen-bond acceptors (Lipinski definition) is 7. The number of fused-ring (bicyclic) bond motifs is 3. The van der Waals surface area contributed by atoms with Gasteiger partial charge in [-0.3, -0.25) is 0 Å². The zero-order valence-corrected chi connectivity index (χ0v) is 18.5. The van der Waals surface area contributed by atoms with Gasteiger partial charge in [-0.05, 0) is 38.8 Å². The summed E-state index contributed by atoms with van der Waals surface area (Å²) < 4.78 is 11.1. The molecule has 1 aliphatic rings. The molecular weight excluding hydrogens is 398 g/mol. The van der Waals surface area contributed by atoms with Crippen LogP contribution in [0.5, 0.6) is 5.75 Å². The van der Waals surface area contributed by atoms with Crippen LogP contribution >= 0.6 is 0 Å². The molecular formula is C22H27N5O4. The Kier molecular flexibility index (Phi) is 5.12. The smallest absolute Gasteiger partial charge is 0.326 e. The number of carbonyl (C=O) groups is 1.